The first-order valence-corrected chi connectivity index (χ1v) is 7.66. The summed E-state index contributed by atoms with van der Waals surface area (Å²) >= 11 is 0. The SMILES string of the molecule is CCCN1CCC(NC2C(=O)Nc3ccccc32)CC1. The Morgan fingerprint density at radius 3 is 2.80 bits per heavy atom. The number of para-hydroxylation sites is 1. The van der Waals surface area contributed by atoms with E-state index in [9.17, 15) is 4.79 Å². The van der Waals surface area contributed by atoms with Gasteiger partial charge in [0, 0.05) is 17.3 Å². The van der Waals surface area contributed by atoms with Crippen molar-refractivity contribution in [3.05, 3.63) is 29.8 Å². The van der Waals surface area contributed by atoms with Crippen molar-refractivity contribution < 1.29 is 4.79 Å². The molecule has 0 spiro atoms. The fraction of sp³-hybridized carbons (Fsp3) is 0.562. The molecule has 2 N–H and O–H groups in total. The van der Waals surface area contributed by atoms with Gasteiger partial charge in [-0.05, 0) is 45.0 Å². The van der Waals surface area contributed by atoms with Crippen LogP contribution in [0.5, 0.6) is 0 Å². The molecule has 1 aromatic rings. The highest BCUT2D eigenvalue weighted by Gasteiger charge is 2.32. The van der Waals surface area contributed by atoms with E-state index in [2.05, 4.69) is 22.5 Å². The fourth-order valence-electron chi connectivity index (χ4n) is 3.25. The lowest BCUT2D eigenvalue weighted by atomic mass is 10.0. The Balaban J connectivity index is 1.60. The molecule has 1 atom stereocenters. The van der Waals surface area contributed by atoms with Crippen LogP contribution in [0.2, 0.25) is 0 Å². The number of nitrogens with zero attached hydrogens (tertiary/aromatic N) is 1. The number of anilines is 1. The normalized spacial score (nSPS) is 23.6. The van der Waals surface area contributed by atoms with E-state index in [1.807, 2.05) is 24.3 Å². The van der Waals surface area contributed by atoms with Gasteiger partial charge in [-0.3, -0.25) is 10.1 Å². The molecule has 0 bridgehead atoms. The number of carbonyl (C=O) groups is 1. The molecule has 4 heteroatoms. The molecule has 1 unspecified atom stereocenters. The summed E-state index contributed by atoms with van der Waals surface area (Å²) in [6.07, 6.45) is 3.48. The fourth-order valence-corrected chi connectivity index (χ4v) is 3.25. The molecule has 0 radical (unpaired) electrons. The Hall–Kier alpha value is -1.39. The Kier molecular flexibility index (Phi) is 4.03. The van der Waals surface area contributed by atoms with Gasteiger partial charge in [0.2, 0.25) is 5.91 Å². The van der Waals surface area contributed by atoms with E-state index in [0.717, 1.165) is 37.2 Å². The predicted molar refractivity (Wildman–Crippen MR) is 80.7 cm³/mol. The summed E-state index contributed by atoms with van der Waals surface area (Å²) < 4.78 is 0. The molecule has 0 aliphatic carbocycles. The summed E-state index contributed by atoms with van der Waals surface area (Å²) in [6.45, 7) is 5.70. The standard InChI is InChI=1S/C16H23N3O/c1-2-9-19-10-7-12(8-11-19)17-15-13-5-3-4-6-14(13)18-16(15)20/h3-6,12,15,17H,2,7-11H2,1H3,(H,18,20). The third-order valence-corrected chi connectivity index (χ3v) is 4.32. The van der Waals surface area contributed by atoms with Crippen molar-refractivity contribution >= 4 is 11.6 Å². The molecule has 2 aliphatic rings. The van der Waals surface area contributed by atoms with E-state index in [0.29, 0.717) is 6.04 Å². The maximum atomic E-state index is 12.1. The Morgan fingerprint density at radius 1 is 1.30 bits per heavy atom. The Bertz CT molecular complexity index is 480. The van der Waals surface area contributed by atoms with Gasteiger partial charge in [-0.25, -0.2) is 0 Å². The molecule has 4 nitrogen and oxygen atoms in total. The summed E-state index contributed by atoms with van der Waals surface area (Å²) in [5.41, 5.74) is 2.05. The van der Waals surface area contributed by atoms with Crippen LogP contribution in [0.25, 0.3) is 0 Å². The predicted octanol–water partition coefficient (Wildman–Crippen LogP) is 2.14. The van der Waals surface area contributed by atoms with Crippen molar-refractivity contribution in [1.82, 2.24) is 10.2 Å². The van der Waals surface area contributed by atoms with Crippen LogP contribution in [0.4, 0.5) is 5.69 Å². The zero-order valence-electron chi connectivity index (χ0n) is 12.1. The monoisotopic (exact) mass is 273 g/mol. The first kappa shape index (κ1) is 13.6. The maximum Gasteiger partial charge on any atom is 0.246 e. The van der Waals surface area contributed by atoms with Crippen LogP contribution in [-0.2, 0) is 4.79 Å². The van der Waals surface area contributed by atoms with Gasteiger partial charge in [0.25, 0.3) is 0 Å². The molecular weight excluding hydrogens is 250 g/mol. The molecule has 3 rings (SSSR count). The third-order valence-electron chi connectivity index (χ3n) is 4.32. The van der Waals surface area contributed by atoms with E-state index in [1.165, 1.54) is 13.0 Å². The van der Waals surface area contributed by atoms with Crippen LogP contribution in [-0.4, -0.2) is 36.5 Å². The number of nitrogens with one attached hydrogen (secondary N) is 2. The van der Waals surface area contributed by atoms with Crippen LogP contribution in [0, 0.1) is 0 Å². The molecular formula is C16H23N3O. The highest BCUT2D eigenvalue weighted by Crippen LogP contribution is 2.31. The minimum absolute atomic E-state index is 0.0854. The van der Waals surface area contributed by atoms with Crippen LogP contribution in [0.1, 0.15) is 37.8 Å². The van der Waals surface area contributed by atoms with Crippen LogP contribution in [0.3, 0.4) is 0 Å². The van der Waals surface area contributed by atoms with Crippen molar-refractivity contribution in [2.45, 2.75) is 38.3 Å². The largest absolute Gasteiger partial charge is 0.324 e. The highest BCUT2D eigenvalue weighted by molar-refractivity contribution is 6.02. The number of fused-ring (bicyclic) bond motifs is 1. The summed E-state index contributed by atoms with van der Waals surface area (Å²) in [6, 6.07) is 8.25. The second-order valence-electron chi connectivity index (χ2n) is 5.79. The Morgan fingerprint density at radius 2 is 2.05 bits per heavy atom. The number of likely N-dealkylation sites (tertiary alicyclic amines) is 1. The summed E-state index contributed by atoms with van der Waals surface area (Å²) in [4.78, 5) is 14.6. The van der Waals surface area contributed by atoms with Gasteiger partial charge in [0.1, 0.15) is 6.04 Å². The first-order chi connectivity index (χ1) is 9.78. The third kappa shape index (κ3) is 2.72. The van der Waals surface area contributed by atoms with Crippen molar-refractivity contribution in [1.29, 1.82) is 0 Å². The van der Waals surface area contributed by atoms with Crippen LogP contribution >= 0.6 is 0 Å². The summed E-state index contributed by atoms with van der Waals surface area (Å²) in [5, 5.41) is 6.50. The summed E-state index contributed by atoms with van der Waals surface area (Å²) in [7, 11) is 0. The smallest absolute Gasteiger partial charge is 0.246 e. The summed E-state index contributed by atoms with van der Waals surface area (Å²) in [5.74, 6) is 0.0854. The van der Waals surface area contributed by atoms with Crippen LogP contribution < -0.4 is 10.6 Å². The van der Waals surface area contributed by atoms with E-state index >= 15 is 0 Å². The van der Waals surface area contributed by atoms with Gasteiger partial charge < -0.3 is 10.2 Å². The average molecular weight is 273 g/mol. The zero-order chi connectivity index (χ0) is 13.9. The maximum absolute atomic E-state index is 12.1. The van der Waals surface area contributed by atoms with E-state index < -0.39 is 0 Å². The molecule has 0 saturated carbocycles. The van der Waals surface area contributed by atoms with Gasteiger partial charge in [-0.1, -0.05) is 25.1 Å². The molecule has 1 saturated heterocycles. The van der Waals surface area contributed by atoms with E-state index in [-0.39, 0.29) is 11.9 Å². The second kappa shape index (κ2) is 5.94. The number of hydrogen-bond acceptors (Lipinski definition) is 3. The number of carbonyl (C=O) groups excluding carboxylic acids is 1. The van der Waals surface area contributed by atoms with Gasteiger partial charge in [0.05, 0.1) is 0 Å². The molecule has 1 amide bonds. The molecule has 108 valence electrons. The zero-order valence-corrected chi connectivity index (χ0v) is 12.1. The van der Waals surface area contributed by atoms with Crippen molar-refractivity contribution in [2.24, 2.45) is 0 Å². The second-order valence-corrected chi connectivity index (χ2v) is 5.79. The average Bonchev–Trinajstić information content (AvgIpc) is 2.78. The van der Waals surface area contributed by atoms with Gasteiger partial charge in [0.15, 0.2) is 0 Å². The Labute approximate surface area is 120 Å². The van der Waals surface area contributed by atoms with Crippen molar-refractivity contribution in [3.8, 4) is 0 Å². The molecule has 2 aliphatic heterocycles. The van der Waals surface area contributed by atoms with Gasteiger partial charge >= 0.3 is 0 Å². The number of benzene rings is 1. The first-order valence-electron chi connectivity index (χ1n) is 7.66. The van der Waals surface area contributed by atoms with Gasteiger partial charge in [-0.2, -0.15) is 0 Å². The minimum atomic E-state index is -0.172. The molecule has 1 fully saturated rings. The van der Waals surface area contributed by atoms with Crippen molar-refractivity contribution in [3.63, 3.8) is 0 Å². The topological polar surface area (TPSA) is 44.4 Å². The number of piperidine rings is 1. The lowest BCUT2D eigenvalue weighted by Crippen LogP contribution is -2.45. The number of hydrogen-bond donors (Lipinski definition) is 2. The highest BCUT2D eigenvalue weighted by atomic mass is 16.2. The minimum Gasteiger partial charge on any atom is -0.324 e. The van der Waals surface area contributed by atoms with Crippen LogP contribution in [0.15, 0.2) is 24.3 Å². The van der Waals surface area contributed by atoms with E-state index in [4.69, 9.17) is 0 Å². The number of rotatable bonds is 4. The molecule has 20 heavy (non-hydrogen) atoms. The van der Waals surface area contributed by atoms with Gasteiger partial charge in [-0.15, -0.1) is 0 Å². The molecule has 2 heterocycles. The quantitative estimate of drug-likeness (QED) is 0.883. The molecule has 1 aromatic carbocycles. The van der Waals surface area contributed by atoms with Crippen molar-refractivity contribution in [2.75, 3.05) is 25.0 Å². The van der Waals surface area contributed by atoms with E-state index in [1.54, 1.807) is 0 Å². The molecule has 0 aromatic heterocycles. The number of amides is 1. The lowest BCUT2D eigenvalue weighted by molar-refractivity contribution is -0.118. The lowest BCUT2D eigenvalue weighted by Gasteiger charge is -2.33.